The Hall–Kier alpha value is -2.08. The highest BCUT2D eigenvalue weighted by Crippen LogP contribution is 2.37. The monoisotopic (exact) mass is 296 g/mol. The Kier molecular flexibility index (Phi) is 5.38. The zero-order chi connectivity index (χ0) is 16.1. The molecule has 0 saturated heterocycles. The van der Waals surface area contributed by atoms with Gasteiger partial charge in [0.25, 0.3) is 0 Å². The lowest BCUT2D eigenvalue weighted by molar-refractivity contribution is -0.122. The average Bonchev–Trinajstić information content (AvgIpc) is 2.49. The van der Waals surface area contributed by atoms with Gasteiger partial charge in [-0.25, -0.2) is 0 Å². The molecule has 1 fully saturated rings. The predicted molar refractivity (Wildman–Crippen MR) is 89.2 cm³/mol. The van der Waals surface area contributed by atoms with E-state index in [0.29, 0.717) is 12.3 Å². The number of nitrogens with one attached hydrogen (secondary N) is 1. The van der Waals surface area contributed by atoms with Gasteiger partial charge in [0, 0.05) is 11.6 Å². The van der Waals surface area contributed by atoms with Crippen LogP contribution in [0.25, 0.3) is 0 Å². The van der Waals surface area contributed by atoms with Crippen LogP contribution >= 0.6 is 0 Å². The number of rotatable bonds is 4. The van der Waals surface area contributed by atoms with Crippen LogP contribution in [0.2, 0.25) is 0 Å². The third kappa shape index (κ3) is 3.98. The lowest BCUT2D eigenvalue weighted by Crippen LogP contribution is -2.34. The van der Waals surface area contributed by atoms with Crippen molar-refractivity contribution in [1.29, 1.82) is 5.26 Å². The fourth-order valence-corrected chi connectivity index (χ4v) is 3.29. The van der Waals surface area contributed by atoms with Crippen LogP contribution in [-0.2, 0) is 11.2 Å². The molecule has 116 valence electrons. The van der Waals surface area contributed by atoms with E-state index in [1.165, 1.54) is 6.42 Å². The Balaban J connectivity index is 2.06. The van der Waals surface area contributed by atoms with E-state index in [0.717, 1.165) is 29.7 Å². The highest BCUT2D eigenvalue weighted by atomic mass is 16.1. The minimum absolute atomic E-state index is 0.0139. The molecule has 22 heavy (non-hydrogen) atoms. The number of benzene rings is 1. The van der Waals surface area contributed by atoms with Gasteiger partial charge >= 0.3 is 0 Å². The third-order valence-corrected chi connectivity index (χ3v) is 4.59. The molecule has 1 aromatic rings. The van der Waals surface area contributed by atoms with Crippen LogP contribution < -0.4 is 5.32 Å². The molecule has 1 saturated carbocycles. The third-order valence-electron chi connectivity index (χ3n) is 4.59. The van der Waals surface area contributed by atoms with E-state index < -0.39 is 0 Å². The molecule has 3 nitrogen and oxygen atoms in total. The van der Waals surface area contributed by atoms with Crippen molar-refractivity contribution < 1.29 is 4.79 Å². The molecular weight excluding hydrogens is 272 g/mol. The van der Waals surface area contributed by atoms with Gasteiger partial charge in [0.15, 0.2) is 0 Å². The maximum Gasteiger partial charge on any atom is 0.228 e. The summed E-state index contributed by atoms with van der Waals surface area (Å²) in [5.41, 5.74) is 2.87. The summed E-state index contributed by atoms with van der Waals surface area (Å²) >= 11 is 0. The minimum atomic E-state index is 0.0139. The zero-order valence-corrected chi connectivity index (χ0v) is 13.4. The second-order valence-corrected chi connectivity index (χ2v) is 6.50. The van der Waals surface area contributed by atoms with Crippen molar-refractivity contribution in [2.24, 2.45) is 17.8 Å². The second-order valence-electron chi connectivity index (χ2n) is 6.50. The summed E-state index contributed by atoms with van der Waals surface area (Å²) < 4.78 is 0. The molecule has 2 rings (SSSR count). The molecule has 3 atom stereocenters. The lowest BCUT2D eigenvalue weighted by Gasteiger charge is -2.34. The first-order valence-electron chi connectivity index (χ1n) is 7.93. The van der Waals surface area contributed by atoms with Gasteiger partial charge in [0.2, 0.25) is 5.91 Å². The lowest BCUT2D eigenvalue weighted by atomic mass is 9.71. The molecule has 3 heteroatoms. The van der Waals surface area contributed by atoms with Crippen molar-refractivity contribution in [3.63, 3.8) is 0 Å². The number of carbonyl (C=O) groups is 1. The van der Waals surface area contributed by atoms with E-state index in [2.05, 4.69) is 24.9 Å². The van der Waals surface area contributed by atoms with Crippen LogP contribution in [0.5, 0.6) is 0 Å². The maximum absolute atomic E-state index is 12.6. The predicted octanol–water partition coefficient (Wildman–Crippen LogP) is 4.32. The van der Waals surface area contributed by atoms with Crippen molar-refractivity contribution in [2.75, 3.05) is 5.32 Å². The SMILES string of the molecule is C=C(C)C1CCC(C)CC1C(=O)Nc1ccc(CC#N)cc1. The normalized spacial score (nSPS) is 24.3. The van der Waals surface area contributed by atoms with Crippen LogP contribution in [0, 0.1) is 29.1 Å². The summed E-state index contributed by atoms with van der Waals surface area (Å²) in [6.07, 6.45) is 3.54. The number of amides is 1. The van der Waals surface area contributed by atoms with Crippen LogP contribution in [0.3, 0.4) is 0 Å². The van der Waals surface area contributed by atoms with E-state index in [9.17, 15) is 4.79 Å². The van der Waals surface area contributed by atoms with Crippen molar-refractivity contribution in [1.82, 2.24) is 0 Å². The topological polar surface area (TPSA) is 52.9 Å². The molecule has 1 amide bonds. The first kappa shape index (κ1) is 16.3. The van der Waals surface area contributed by atoms with E-state index in [-0.39, 0.29) is 17.7 Å². The maximum atomic E-state index is 12.6. The van der Waals surface area contributed by atoms with E-state index in [1.807, 2.05) is 31.2 Å². The highest BCUT2D eigenvalue weighted by molar-refractivity contribution is 5.93. The van der Waals surface area contributed by atoms with Gasteiger partial charge in [-0.3, -0.25) is 4.79 Å². The number of anilines is 1. The van der Waals surface area contributed by atoms with Crippen LogP contribution in [0.15, 0.2) is 36.4 Å². The summed E-state index contributed by atoms with van der Waals surface area (Å²) in [4.78, 5) is 12.6. The summed E-state index contributed by atoms with van der Waals surface area (Å²) in [6.45, 7) is 8.30. The zero-order valence-electron chi connectivity index (χ0n) is 13.4. The number of hydrogen-bond acceptors (Lipinski definition) is 2. The van der Waals surface area contributed by atoms with Gasteiger partial charge in [-0.15, -0.1) is 0 Å². The van der Waals surface area contributed by atoms with Gasteiger partial charge in [-0.1, -0.05) is 37.6 Å². The second kappa shape index (κ2) is 7.26. The molecule has 0 aromatic heterocycles. The smallest absolute Gasteiger partial charge is 0.228 e. The molecule has 0 radical (unpaired) electrons. The molecule has 0 aliphatic heterocycles. The van der Waals surface area contributed by atoms with Crippen molar-refractivity contribution in [3.05, 3.63) is 42.0 Å². The summed E-state index contributed by atoms with van der Waals surface area (Å²) in [5, 5.41) is 11.7. The summed E-state index contributed by atoms with van der Waals surface area (Å²) in [7, 11) is 0. The van der Waals surface area contributed by atoms with Crippen LogP contribution in [-0.4, -0.2) is 5.91 Å². The van der Waals surface area contributed by atoms with E-state index >= 15 is 0 Å². The molecular formula is C19H24N2O. The Morgan fingerprint density at radius 3 is 2.59 bits per heavy atom. The summed E-state index contributed by atoms with van der Waals surface area (Å²) in [6, 6.07) is 9.63. The molecule has 1 aromatic carbocycles. The molecule has 1 aliphatic rings. The quantitative estimate of drug-likeness (QED) is 0.841. The van der Waals surface area contributed by atoms with Gasteiger partial charge in [-0.05, 0) is 49.3 Å². The molecule has 1 aliphatic carbocycles. The van der Waals surface area contributed by atoms with E-state index in [1.54, 1.807) is 0 Å². The Morgan fingerprint density at radius 1 is 1.32 bits per heavy atom. The Morgan fingerprint density at radius 2 is 2.00 bits per heavy atom. The van der Waals surface area contributed by atoms with Crippen LogP contribution in [0.4, 0.5) is 5.69 Å². The molecule has 0 spiro atoms. The molecule has 0 bridgehead atoms. The minimum Gasteiger partial charge on any atom is -0.326 e. The molecule has 3 unspecified atom stereocenters. The highest BCUT2D eigenvalue weighted by Gasteiger charge is 2.34. The van der Waals surface area contributed by atoms with Gasteiger partial charge in [-0.2, -0.15) is 5.26 Å². The fraction of sp³-hybridized carbons (Fsp3) is 0.474. The molecule has 1 N–H and O–H groups in total. The first-order valence-corrected chi connectivity index (χ1v) is 7.93. The van der Waals surface area contributed by atoms with Crippen molar-refractivity contribution in [3.8, 4) is 6.07 Å². The Bertz CT molecular complexity index is 582. The largest absolute Gasteiger partial charge is 0.326 e. The van der Waals surface area contributed by atoms with Crippen molar-refractivity contribution >= 4 is 11.6 Å². The first-order chi connectivity index (χ1) is 10.5. The van der Waals surface area contributed by atoms with Crippen LogP contribution in [0.1, 0.15) is 38.7 Å². The fourth-order valence-electron chi connectivity index (χ4n) is 3.29. The van der Waals surface area contributed by atoms with Gasteiger partial charge in [0.05, 0.1) is 12.5 Å². The number of nitriles is 1. The standard InChI is InChI=1S/C19H24N2O/c1-13(2)17-9-4-14(3)12-18(17)19(22)21-16-7-5-15(6-8-16)10-11-20/h5-8,14,17-18H,1,4,9-10,12H2,2-3H3,(H,21,22). The number of carbonyl (C=O) groups excluding carboxylic acids is 1. The average molecular weight is 296 g/mol. The number of allylic oxidation sites excluding steroid dienone is 1. The number of hydrogen-bond donors (Lipinski definition) is 1. The van der Waals surface area contributed by atoms with E-state index in [4.69, 9.17) is 5.26 Å². The Labute approximate surface area is 133 Å². The molecule has 0 heterocycles. The van der Waals surface area contributed by atoms with Gasteiger partial charge < -0.3 is 5.32 Å². The van der Waals surface area contributed by atoms with Gasteiger partial charge in [0.1, 0.15) is 0 Å². The summed E-state index contributed by atoms with van der Waals surface area (Å²) in [5.74, 6) is 0.978. The number of nitrogens with zero attached hydrogens (tertiary/aromatic N) is 1. The van der Waals surface area contributed by atoms with Crippen molar-refractivity contribution in [2.45, 2.75) is 39.5 Å².